The van der Waals surface area contributed by atoms with Gasteiger partial charge >= 0.3 is 0 Å². The largest absolute Gasteiger partial charge is 0.398 e. The summed E-state index contributed by atoms with van der Waals surface area (Å²) in [6.07, 6.45) is 1.67. The van der Waals surface area contributed by atoms with Gasteiger partial charge in [0.1, 0.15) is 5.82 Å². The maximum atomic E-state index is 12.1. The molecule has 0 fully saturated rings. The summed E-state index contributed by atoms with van der Waals surface area (Å²) in [6.45, 7) is 4.03. The van der Waals surface area contributed by atoms with Crippen molar-refractivity contribution >= 4 is 11.6 Å². The Labute approximate surface area is 111 Å². The molecule has 0 aliphatic rings. The van der Waals surface area contributed by atoms with Crippen molar-refractivity contribution in [2.45, 2.75) is 20.4 Å². The number of benzene rings is 1. The summed E-state index contributed by atoms with van der Waals surface area (Å²) in [4.78, 5) is 20.3. The van der Waals surface area contributed by atoms with Crippen LogP contribution < -0.4 is 11.1 Å². The van der Waals surface area contributed by atoms with Gasteiger partial charge in [0.15, 0.2) is 0 Å². The molecule has 0 radical (unpaired) electrons. The van der Waals surface area contributed by atoms with E-state index in [9.17, 15) is 4.79 Å². The summed E-state index contributed by atoms with van der Waals surface area (Å²) in [5.41, 5.74) is 8.46. The van der Waals surface area contributed by atoms with Crippen LogP contribution in [0.5, 0.6) is 0 Å². The molecule has 1 heterocycles. The van der Waals surface area contributed by atoms with E-state index in [1.165, 1.54) is 0 Å². The highest BCUT2D eigenvalue weighted by Crippen LogP contribution is 2.15. The summed E-state index contributed by atoms with van der Waals surface area (Å²) >= 11 is 0. The Morgan fingerprint density at radius 1 is 1.32 bits per heavy atom. The number of nitrogen functional groups attached to an aromatic ring is 1. The third-order valence-electron chi connectivity index (χ3n) is 2.80. The molecule has 98 valence electrons. The van der Waals surface area contributed by atoms with Gasteiger partial charge in [-0.3, -0.25) is 4.79 Å². The Balaban J connectivity index is 2.10. The standard InChI is InChI=1S/C14H16N4O/c1-9-4-3-5-12(15)13(9)14(19)17-8-11-6-7-16-10(2)18-11/h3-7H,8,15H2,1-2H3,(H,17,19). The van der Waals surface area contributed by atoms with Gasteiger partial charge in [-0.15, -0.1) is 0 Å². The van der Waals surface area contributed by atoms with Crippen molar-refractivity contribution in [3.8, 4) is 0 Å². The lowest BCUT2D eigenvalue weighted by molar-refractivity contribution is 0.0950. The van der Waals surface area contributed by atoms with Crippen LogP contribution in [-0.4, -0.2) is 15.9 Å². The molecule has 0 aliphatic carbocycles. The van der Waals surface area contributed by atoms with Gasteiger partial charge in [-0.25, -0.2) is 9.97 Å². The number of carbonyl (C=O) groups excluding carboxylic acids is 1. The molecule has 0 spiro atoms. The van der Waals surface area contributed by atoms with Gasteiger partial charge < -0.3 is 11.1 Å². The summed E-state index contributed by atoms with van der Waals surface area (Å²) in [6, 6.07) is 7.18. The number of anilines is 1. The molecule has 19 heavy (non-hydrogen) atoms. The predicted octanol–water partition coefficient (Wildman–Crippen LogP) is 1.61. The van der Waals surface area contributed by atoms with E-state index < -0.39 is 0 Å². The van der Waals surface area contributed by atoms with Crippen LogP contribution in [-0.2, 0) is 6.54 Å². The van der Waals surface area contributed by atoms with Crippen molar-refractivity contribution < 1.29 is 4.79 Å². The van der Waals surface area contributed by atoms with Crippen molar-refractivity contribution in [1.29, 1.82) is 0 Å². The number of aromatic nitrogens is 2. The van der Waals surface area contributed by atoms with Gasteiger partial charge in [-0.2, -0.15) is 0 Å². The summed E-state index contributed by atoms with van der Waals surface area (Å²) in [5.74, 6) is 0.494. The lowest BCUT2D eigenvalue weighted by Gasteiger charge is -2.10. The zero-order chi connectivity index (χ0) is 13.8. The Morgan fingerprint density at radius 3 is 2.79 bits per heavy atom. The molecular weight excluding hydrogens is 240 g/mol. The van der Waals surface area contributed by atoms with E-state index in [0.717, 1.165) is 11.3 Å². The maximum absolute atomic E-state index is 12.1. The van der Waals surface area contributed by atoms with Gasteiger partial charge in [0.25, 0.3) is 5.91 Å². The van der Waals surface area contributed by atoms with Crippen molar-refractivity contribution in [3.05, 3.63) is 53.1 Å². The number of hydrogen-bond donors (Lipinski definition) is 2. The lowest BCUT2D eigenvalue weighted by Crippen LogP contribution is -2.25. The Kier molecular flexibility index (Phi) is 3.75. The van der Waals surface area contributed by atoms with Crippen molar-refractivity contribution in [1.82, 2.24) is 15.3 Å². The second-order valence-corrected chi connectivity index (χ2v) is 4.32. The molecule has 5 nitrogen and oxygen atoms in total. The van der Waals surface area contributed by atoms with Crippen molar-refractivity contribution in [3.63, 3.8) is 0 Å². The number of amides is 1. The van der Waals surface area contributed by atoms with Crippen LogP contribution in [0.3, 0.4) is 0 Å². The number of aryl methyl sites for hydroxylation is 2. The average molecular weight is 256 g/mol. The fourth-order valence-electron chi connectivity index (χ4n) is 1.86. The van der Waals surface area contributed by atoms with E-state index >= 15 is 0 Å². The third kappa shape index (κ3) is 3.07. The SMILES string of the molecule is Cc1nccc(CNC(=O)c2c(C)cccc2N)n1. The van der Waals surface area contributed by atoms with Crippen LogP contribution in [0, 0.1) is 13.8 Å². The molecule has 5 heteroatoms. The first-order valence-corrected chi connectivity index (χ1v) is 5.99. The molecule has 3 N–H and O–H groups in total. The highest BCUT2D eigenvalue weighted by Gasteiger charge is 2.12. The van der Waals surface area contributed by atoms with E-state index in [1.54, 1.807) is 18.3 Å². The predicted molar refractivity (Wildman–Crippen MR) is 73.5 cm³/mol. The molecule has 0 aliphatic heterocycles. The third-order valence-corrected chi connectivity index (χ3v) is 2.80. The molecule has 0 saturated carbocycles. The molecule has 0 unspecified atom stereocenters. The van der Waals surface area contributed by atoms with Crippen molar-refractivity contribution in [2.24, 2.45) is 0 Å². The van der Waals surface area contributed by atoms with Crippen molar-refractivity contribution in [2.75, 3.05) is 5.73 Å². The Hall–Kier alpha value is -2.43. The minimum atomic E-state index is -0.188. The number of hydrogen-bond acceptors (Lipinski definition) is 4. The minimum absolute atomic E-state index is 0.188. The normalized spacial score (nSPS) is 10.2. The molecule has 0 saturated heterocycles. The summed E-state index contributed by atoms with van der Waals surface area (Å²) in [5, 5.41) is 2.81. The van der Waals surface area contributed by atoms with E-state index in [2.05, 4.69) is 15.3 Å². The number of carbonyl (C=O) groups is 1. The second kappa shape index (κ2) is 5.48. The van der Waals surface area contributed by atoms with Crippen LogP contribution in [0.1, 0.15) is 27.4 Å². The van der Waals surface area contributed by atoms with Gasteiger partial charge in [0, 0.05) is 11.9 Å². The fourth-order valence-corrected chi connectivity index (χ4v) is 1.86. The maximum Gasteiger partial charge on any atom is 0.253 e. The van der Waals surface area contributed by atoms with E-state index in [0.29, 0.717) is 23.6 Å². The molecule has 0 atom stereocenters. The molecule has 1 amide bonds. The van der Waals surface area contributed by atoms with E-state index in [1.807, 2.05) is 26.0 Å². The zero-order valence-electron chi connectivity index (χ0n) is 11.0. The zero-order valence-corrected chi connectivity index (χ0v) is 11.0. The summed E-state index contributed by atoms with van der Waals surface area (Å²) < 4.78 is 0. The smallest absolute Gasteiger partial charge is 0.253 e. The van der Waals surface area contributed by atoms with Crippen LogP contribution in [0.15, 0.2) is 30.5 Å². The fraction of sp³-hybridized carbons (Fsp3) is 0.214. The number of nitrogens with one attached hydrogen (secondary N) is 1. The highest BCUT2D eigenvalue weighted by molar-refractivity contribution is 6.00. The number of nitrogens with zero attached hydrogens (tertiary/aromatic N) is 2. The van der Waals surface area contributed by atoms with E-state index in [-0.39, 0.29) is 5.91 Å². The molecule has 2 rings (SSSR count). The first-order chi connectivity index (χ1) is 9.08. The molecular formula is C14H16N4O. The van der Waals surface area contributed by atoms with Gasteiger partial charge in [0.2, 0.25) is 0 Å². The first-order valence-electron chi connectivity index (χ1n) is 5.99. The summed E-state index contributed by atoms with van der Waals surface area (Å²) in [7, 11) is 0. The first kappa shape index (κ1) is 13.0. The Bertz CT molecular complexity index is 590. The van der Waals surface area contributed by atoms with Crippen LogP contribution in [0.4, 0.5) is 5.69 Å². The molecule has 1 aromatic heterocycles. The average Bonchev–Trinajstić information content (AvgIpc) is 2.36. The topological polar surface area (TPSA) is 80.9 Å². The van der Waals surface area contributed by atoms with Gasteiger partial charge in [-0.1, -0.05) is 12.1 Å². The number of nitrogens with two attached hydrogens (primary N) is 1. The molecule has 0 bridgehead atoms. The second-order valence-electron chi connectivity index (χ2n) is 4.32. The Morgan fingerprint density at radius 2 is 2.11 bits per heavy atom. The highest BCUT2D eigenvalue weighted by atomic mass is 16.1. The quantitative estimate of drug-likeness (QED) is 0.817. The van der Waals surface area contributed by atoms with Gasteiger partial charge in [-0.05, 0) is 31.5 Å². The van der Waals surface area contributed by atoms with Gasteiger partial charge in [0.05, 0.1) is 17.8 Å². The van der Waals surface area contributed by atoms with Crippen LogP contribution in [0.25, 0.3) is 0 Å². The lowest BCUT2D eigenvalue weighted by atomic mass is 10.1. The molecule has 1 aromatic carbocycles. The van der Waals surface area contributed by atoms with Crippen LogP contribution >= 0.6 is 0 Å². The monoisotopic (exact) mass is 256 g/mol. The van der Waals surface area contributed by atoms with E-state index in [4.69, 9.17) is 5.73 Å². The minimum Gasteiger partial charge on any atom is -0.398 e. The van der Waals surface area contributed by atoms with Crippen LogP contribution in [0.2, 0.25) is 0 Å². The number of rotatable bonds is 3. The molecule has 2 aromatic rings.